The molecule has 1 atom stereocenters. The first-order chi connectivity index (χ1) is 10.0. The molecule has 112 valence electrons. The number of hydrogen-bond donors (Lipinski definition) is 0. The van der Waals surface area contributed by atoms with E-state index >= 15 is 0 Å². The van der Waals surface area contributed by atoms with Gasteiger partial charge < -0.3 is 4.90 Å². The van der Waals surface area contributed by atoms with Crippen LogP contribution in [-0.2, 0) is 11.3 Å². The molecule has 0 N–H and O–H groups in total. The van der Waals surface area contributed by atoms with Gasteiger partial charge in [0.25, 0.3) is 0 Å². The summed E-state index contributed by atoms with van der Waals surface area (Å²) in [7, 11) is 0. The Hall–Kier alpha value is -0.740. The zero-order valence-electron chi connectivity index (χ0n) is 11.4. The second-order valence-corrected chi connectivity index (χ2v) is 6.67. The van der Waals surface area contributed by atoms with E-state index in [1.165, 1.54) is 0 Å². The Morgan fingerprint density at radius 3 is 2.67 bits per heavy atom. The molecule has 0 aliphatic carbocycles. The van der Waals surface area contributed by atoms with Crippen LogP contribution < -0.4 is 0 Å². The topological polar surface area (TPSA) is 20.3 Å². The van der Waals surface area contributed by atoms with Crippen LogP contribution in [0.1, 0.15) is 23.4 Å². The van der Waals surface area contributed by atoms with Gasteiger partial charge in [0.15, 0.2) is 0 Å². The molecule has 1 heterocycles. The summed E-state index contributed by atoms with van der Waals surface area (Å²) in [6, 6.07) is 9.20. The molecule has 0 fully saturated rings. The monoisotopic (exact) mass is 361 g/mol. The van der Waals surface area contributed by atoms with Crippen molar-refractivity contribution in [2.75, 3.05) is 5.88 Å². The van der Waals surface area contributed by atoms with E-state index in [9.17, 15) is 4.79 Å². The number of carbonyl (C=O) groups excluding carboxylic acids is 1. The largest absolute Gasteiger partial charge is 0.330 e. The van der Waals surface area contributed by atoms with Crippen LogP contribution in [0.5, 0.6) is 0 Å². The fraction of sp³-hybridized carbons (Fsp3) is 0.267. The number of benzene rings is 1. The Labute approximate surface area is 143 Å². The van der Waals surface area contributed by atoms with Gasteiger partial charge in [-0.2, -0.15) is 0 Å². The summed E-state index contributed by atoms with van der Waals surface area (Å²) in [4.78, 5) is 15.0. The van der Waals surface area contributed by atoms with Crippen LogP contribution in [0.25, 0.3) is 0 Å². The number of amides is 1. The molecule has 0 aliphatic heterocycles. The van der Waals surface area contributed by atoms with Crippen LogP contribution in [0.15, 0.2) is 35.7 Å². The third kappa shape index (κ3) is 4.13. The second kappa shape index (κ2) is 7.50. The summed E-state index contributed by atoms with van der Waals surface area (Å²) in [6.45, 7) is 2.39. The van der Waals surface area contributed by atoms with Crippen molar-refractivity contribution in [2.24, 2.45) is 0 Å². The smallest absolute Gasteiger partial charge is 0.238 e. The lowest BCUT2D eigenvalue weighted by molar-refractivity contribution is -0.131. The fourth-order valence-corrected chi connectivity index (χ4v) is 3.45. The first-order valence-corrected chi connectivity index (χ1v) is 8.52. The Morgan fingerprint density at radius 2 is 2.10 bits per heavy atom. The van der Waals surface area contributed by atoms with Gasteiger partial charge in [0.2, 0.25) is 5.91 Å². The predicted molar refractivity (Wildman–Crippen MR) is 90.5 cm³/mol. The minimum Gasteiger partial charge on any atom is -0.330 e. The van der Waals surface area contributed by atoms with E-state index in [1.54, 1.807) is 28.4 Å². The molecular weight excluding hydrogens is 349 g/mol. The van der Waals surface area contributed by atoms with Crippen molar-refractivity contribution >= 4 is 52.0 Å². The van der Waals surface area contributed by atoms with Gasteiger partial charge in [-0.25, -0.2) is 0 Å². The fourth-order valence-electron chi connectivity index (χ4n) is 2.03. The van der Waals surface area contributed by atoms with Gasteiger partial charge in [-0.05, 0) is 36.1 Å². The highest BCUT2D eigenvalue weighted by Crippen LogP contribution is 2.29. The maximum absolute atomic E-state index is 12.2. The van der Waals surface area contributed by atoms with E-state index in [0.29, 0.717) is 16.6 Å². The maximum atomic E-state index is 12.2. The predicted octanol–water partition coefficient (Wildman–Crippen LogP) is 5.38. The number of thiophene rings is 1. The van der Waals surface area contributed by atoms with Crippen LogP contribution in [0.4, 0.5) is 0 Å². The third-order valence-electron chi connectivity index (χ3n) is 3.21. The maximum Gasteiger partial charge on any atom is 0.238 e. The van der Waals surface area contributed by atoms with E-state index in [2.05, 4.69) is 0 Å². The quantitative estimate of drug-likeness (QED) is 0.654. The van der Waals surface area contributed by atoms with E-state index < -0.39 is 0 Å². The van der Waals surface area contributed by atoms with Crippen molar-refractivity contribution in [3.05, 3.63) is 56.2 Å². The Morgan fingerprint density at radius 1 is 1.33 bits per heavy atom. The van der Waals surface area contributed by atoms with Crippen molar-refractivity contribution in [1.29, 1.82) is 0 Å². The Balaban J connectivity index is 2.26. The number of halogens is 3. The van der Waals surface area contributed by atoms with Gasteiger partial charge >= 0.3 is 0 Å². The number of hydrogen-bond acceptors (Lipinski definition) is 2. The number of rotatable bonds is 5. The first-order valence-electron chi connectivity index (χ1n) is 6.35. The molecule has 6 heteroatoms. The summed E-state index contributed by atoms with van der Waals surface area (Å²) < 4.78 is 0. The van der Waals surface area contributed by atoms with Crippen LogP contribution in [0, 0.1) is 0 Å². The highest BCUT2D eigenvalue weighted by Gasteiger charge is 2.22. The zero-order chi connectivity index (χ0) is 15.4. The van der Waals surface area contributed by atoms with Crippen LogP contribution in [0.2, 0.25) is 10.0 Å². The summed E-state index contributed by atoms with van der Waals surface area (Å²) in [5, 5.41) is 3.11. The third-order valence-corrected chi connectivity index (χ3v) is 5.07. The number of alkyl halides is 1. The summed E-state index contributed by atoms with van der Waals surface area (Å²) in [5.41, 5.74) is 0.850. The SMILES string of the molecule is CC(c1cccs1)N(Cc1ccc(Cl)cc1Cl)C(=O)CCl. The van der Waals surface area contributed by atoms with E-state index in [0.717, 1.165) is 10.4 Å². The van der Waals surface area contributed by atoms with Crippen molar-refractivity contribution in [3.63, 3.8) is 0 Å². The molecule has 1 unspecified atom stereocenters. The highest BCUT2D eigenvalue weighted by atomic mass is 35.5. The molecule has 0 aliphatic rings. The van der Waals surface area contributed by atoms with Crippen LogP contribution >= 0.6 is 46.1 Å². The van der Waals surface area contributed by atoms with Crippen molar-refractivity contribution in [3.8, 4) is 0 Å². The Bertz CT molecular complexity index is 615. The van der Waals surface area contributed by atoms with Crippen molar-refractivity contribution in [2.45, 2.75) is 19.5 Å². The lowest BCUT2D eigenvalue weighted by atomic mass is 10.1. The number of nitrogens with zero attached hydrogens (tertiary/aromatic N) is 1. The molecule has 2 nitrogen and oxygen atoms in total. The first kappa shape index (κ1) is 16.6. The van der Waals surface area contributed by atoms with Crippen molar-refractivity contribution in [1.82, 2.24) is 4.90 Å². The molecule has 0 saturated heterocycles. The minimum absolute atomic E-state index is 0.0528. The summed E-state index contributed by atoms with van der Waals surface area (Å²) in [6.07, 6.45) is 0. The van der Waals surface area contributed by atoms with Gasteiger partial charge in [0.1, 0.15) is 5.88 Å². The molecule has 1 amide bonds. The summed E-state index contributed by atoms with van der Waals surface area (Å²) >= 11 is 19.5. The van der Waals surface area contributed by atoms with Gasteiger partial charge in [-0.1, -0.05) is 35.3 Å². The van der Waals surface area contributed by atoms with Crippen LogP contribution in [-0.4, -0.2) is 16.7 Å². The molecule has 1 aromatic heterocycles. The average molecular weight is 363 g/mol. The highest BCUT2D eigenvalue weighted by molar-refractivity contribution is 7.10. The molecule has 0 bridgehead atoms. The molecule has 21 heavy (non-hydrogen) atoms. The zero-order valence-corrected chi connectivity index (χ0v) is 14.4. The lowest BCUT2D eigenvalue weighted by Crippen LogP contribution is -2.33. The normalized spacial score (nSPS) is 12.2. The summed E-state index contributed by atoms with van der Waals surface area (Å²) in [5.74, 6) is -0.176. The van der Waals surface area contributed by atoms with E-state index in [-0.39, 0.29) is 17.8 Å². The molecule has 1 aromatic carbocycles. The molecule has 0 spiro atoms. The molecular formula is C15H14Cl3NOS. The lowest BCUT2D eigenvalue weighted by Gasteiger charge is -2.28. The van der Waals surface area contributed by atoms with E-state index in [4.69, 9.17) is 34.8 Å². The van der Waals surface area contributed by atoms with Gasteiger partial charge in [0, 0.05) is 21.5 Å². The van der Waals surface area contributed by atoms with Gasteiger partial charge in [-0.3, -0.25) is 4.79 Å². The van der Waals surface area contributed by atoms with Gasteiger partial charge in [0.05, 0.1) is 6.04 Å². The second-order valence-electron chi connectivity index (χ2n) is 4.58. The molecule has 0 radical (unpaired) electrons. The van der Waals surface area contributed by atoms with Gasteiger partial charge in [-0.15, -0.1) is 22.9 Å². The van der Waals surface area contributed by atoms with E-state index in [1.807, 2.05) is 30.5 Å². The minimum atomic E-state index is -0.122. The molecule has 2 rings (SSSR count). The number of carbonyl (C=O) groups is 1. The van der Waals surface area contributed by atoms with Crippen molar-refractivity contribution < 1.29 is 4.79 Å². The molecule has 2 aromatic rings. The Kier molecular flexibility index (Phi) is 5.94. The molecule has 0 saturated carbocycles. The average Bonchev–Trinajstić information content (AvgIpc) is 2.99. The van der Waals surface area contributed by atoms with Crippen LogP contribution in [0.3, 0.4) is 0 Å². The standard InChI is InChI=1S/C15H14Cl3NOS/c1-10(14-3-2-6-21-14)19(15(20)8-16)9-11-4-5-12(17)7-13(11)18/h2-7,10H,8-9H2,1H3.